The minimum atomic E-state index is -0.529. The van der Waals surface area contributed by atoms with Crippen LogP contribution in [0.2, 0.25) is 0 Å². The van der Waals surface area contributed by atoms with E-state index in [0.29, 0.717) is 32.9 Å². The number of hydrogen-bond donors (Lipinski definition) is 3. The Kier molecular flexibility index (Phi) is 7.32. The molecule has 0 saturated carbocycles. The van der Waals surface area contributed by atoms with Crippen molar-refractivity contribution in [2.24, 2.45) is 0 Å². The van der Waals surface area contributed by atoms with Crippen LogP contribution in [0.3, 0.4) is 0 Å². The van der Waals surface area contributed by atoms with Gasteiger partial charge in [-0.15, -0.1) is 10.2 Å². The monoisotopic (exact) mass is 522 g/mol. The van der Waals surface area contributed by atoms with Gasteiger partial charge < -0.3 is 15.4 Å². The van der Waals surface area contributed by atoms with Gasteiger partial charge in [0.05, 0.1) is 29.1 Å². The van der Waals surface area contributed by atoms with E-state index in [4.69, 9.17) is 4.74 Å². The molecule has 2 amide bonds. The first-order valence-electron chi connectivity index (χ1n) is 11.6. The van der Waals surface area contributed by atoms with E-state index in [-0.39, 0.29) is 5.69 Å². The number of methoxy groups -OCH3 is 1. The van der Waals surface area contributed by atoms with Crippen molar-refractivity contribution in [2.75, 3.05) is 23.1 Å². The standard InChI is InChI=1S/C28H22N6O3S/c1-37-26(35)24-25(19-12-6-3-7-13-19)38-28(32-24)30-22-15-9-8-14-21(22)29-27(36)31-23-17-16-20(33-34-23)18-10-4-2-5-11-18/h2-17H,1H3,(H,30,32)(H2,29,31,34,36). The SMILES string of the molecule is COC(=O)c1nc(Nc2ccccc2NC(=O)Nc2ccc(-c3ccccc3)nn2)sc1-c1ccccc1. The number of hydrogen-bond acceptors (Lipinski definition) is 8. The average molecular weight is 523 g/mol. The molecule has 0 fully saturated rings. The van der Waals surface area contributed by atoms with Crippen LogP contribution in [0.15, 0.2) is 97.1 Å². The zero-order valence-electron chi connectivity index (χ0n) is 20.2. The van der Waals surface area contributed by atoms with E-state index < -0.39 is 12.0 Å². The van der Waals surface area contributed by atoms with Gasteiger partial charge in [-0.3, -0.25) is 5.32 Å². The quantitative estimate of drug-likeness (QED) is 0.210. The Labute approximate surface area is 222 Å². The summed E-state index contributed by atoms with van der Waals surface area (Å²) in [7, 11) is 1.32. The number of urea groups is 1. The third-order valence-corrected chi connectivity index (χ3v) is 6.45. The minimum absolute atomic E-state index is 0.215. The van der Waals surface area contributed by atoms with Gasteiger partial charge in [-0.2, -0.15) is 0 Å². The number of ether oxygens (including phenoxy) is 1. The minimum Gasteiger partial charge on any atom is -0.464 e. The molecule has 0 aliphatic heterocycles. The molecule has 2 aromatic heterocycles. The predicted octanol–water partition coefficient (Wildman–Crippen LogP) is 6.44. The number of amides is 2. The third-order valence-electron chi connectivity index (χ3n) is 5.43. The largest absolute Gasteiger partial charge is 0.464 e. The van der Waals surface area contributed by atoms with Gasteiger partial charge in [-0.25, -0.2) is 14.6 Å². The van der Waals surface area contributed by atoms with Gasteiger partial charge >= 0.3 is 12.0 Å². The van der Waals surface area contributed by atoms with Crippen LogP contribution >= 0.6 is 11.3 Å². The van der Waals surface area contributed by atoms with Crippen LogP contribution in [0, 0.1) is 0 Å². The fourth-order valence-corrected chi connectivity index (χ4v) is 4.61. The van der Waals surface area contributed by atoms with Crippen molar-refractivity contribution in [1.82, 2.24) is 15.2 Å². The Morgan fingerprint density at radius 1 is 0.737 bits per heavy atom. The topological polar surface area (TPSA) is 118 Å². The summed E-state index contributed by atoms with van der Waals surface area (Å²) in [5.74, 6) is -0.221. The fraction of sp³-hybridized carbons (Fsp3) is 0.0357. The molecule has 0 radical (unpaired) electrons. The van der Waals surface area contributed by atoms with Gasteiger partial charge in [0.2, 0.25) is 0 Å². The van der Waals surface area contributed by atoms with Crippen LogP contribution in [0.1, 0.15) is 10.5 Å². The van der Waals surface area contributed by atoms with Crippen LogP contribution in [0.4, 0.5) is 27.1 Å². The number of benzene rings is 3. The van der Waals surface area contributed by atoms with Crippen molar-refractivity contribution in [3.63, 3.8) is 0 Å². The molecule has 5 rings (SSSR count). The van der Waals surface area contributed by atoms with E-state index >= 15 is 0 Å². The van der Waals surface area contributed by atoms with E-state index in [1.165, 1.54) is 18.4 Å². The Bertz CT molecular complexity index is 1560. The first-order chi connectivity index (χ1) is 18.6. The zero-order chi connectivity index (χ0) is 26.3. The van der Waals surface area contributed by atoms with Gasteiger partial charge in [-0.1, -0.05) is 84.1 Å². The van der Waals surface area contributed by atoms with Gasteiger partial charge in [0.1, 0.15) is 0 Å². The highest BCUT2D eigenvalue weighted by Gasteiger charge is 2.21. The molecule has 0 unspecified atom stereocenters. The average Bonchev–Trinajstić information content (AvgIpc) is 3.39. The summed E-state index contributed by atoms with van der Waals surface area (Å²) in [6.45, 7) is 0. The zero-order valence-corrected chi connectivity index (χ0v) is 21.0. The maximum Gasteiger partial charge on any atom is 0.358 e. The van der Waals surface area contributed by atoms with Crippen LogP contribution < -0.4 is 16.0 Å². The lowest BCUT2D eigenvalue weighted by atomic mass is 10.1. The Balaban J connectivity index is 1.31. The normalized spacial score (nSPS) is 10.4. The van der Waals surface area contributed by atoms with Gasteiger partial charge in [0, 0.05) is 5.56 Å². The number of rotatable bonds is 7. The lowest BCUT2D eigenvalue weighted by Crippen LogP contribution is -2.21. The smallest absolute Gasteiger partial charge is 0.358 e. The molecule has 3 aromatic carbocycles. The van der Waals surface area contributed by atoms with Gasteiger partial charge in [-0.05, 0) is 29.8 Å². The second-order valence-corrected chi connectivity index (χ2v) is 8.97. The van der Waals surface area contributed by atoms with E-state index in [1.807, 2.05) is 66.7 Å². The molecule has 0 bridgehead atoms. The third kappa shape index (κ3) is 5.66. The fourth-order valence-electron chi connectivity index (χ4n) is 3.64. The predicted molar refractivity (Wildman–Crippen MR) is 149 cm³/mol. The second kappa shape index (κ2) is 11.3. The highest BCUT2D eigenvalue weighted by Crippen LogP contribution is 2.36. The highest BCUT2D eigenvalue weighted by atomic mass is 32.1. The second-order valence-electron chi connectivity index (χ2n) is 7.97. The summed E-state index contributed by atoms with van der Waals surface area (Å²) >= 11 is 1.31. The number of para-hydroxylation sites is 2. The molecular formula is C28H22N6O3S. The molecule has 38 heavy (non-hydrogen) atoms. The summed E-state index contributed by atoms with van der Waals surface area (Å²) in [5.41, 5.74) is 3.81. The molecule has 5 aromatic rings. The summed E-state index contributed by atoms with van der Waals surface area (Å²) in [5, 5.41) is 17.5. The van der Waals surface area contributed by atoms with Crippen LogP contribution in [0.25, 0.3) is 21.7 Å². The molecule has 0 spiro atoms. The highest BCUT2D eigenvalue weighted by molar-refractivity contribution is 7.19. The van der Waals surface area contributed by atoms with E-state index in [2.05, 4.69) is 31.1 Å². The number of thiazole rings is 1. The lowest BCUT2D eigenvalue weighted by molar-refractivity contribution is 0.0596. The van der Waals surface area contributed by atoms with Crippen molar-refractivity contribution < 1.29 is 14.3 Å². The van der Waals surface area contributed by atoms with E-state index in [1.54, 1.807) is 30.3 Å². The van der Waals surface area contributed by atoms with Crippen molar-refractivity contribution in [1.29, 1.82) is 0 Å². The van der Waals surface area contributed by atoms with Crippen LogP contribution in [-0.2, 0) is 4.74 Å². The Morgan fingerprint density at radius 2 is 1.39 bits per heavy atom. The summed E-state index contributed by atoms with van der Waals surface area (Å²) in [4.78, 5) is 30.2. The molecule has 10 heteroatoms. The lowest BCUT2D eigenvalue weighted by Gasteiger charge is -2.12. The number of carbonyl (C=O) groups excluding carboxylic acids is 2. The Hall–Kier alpha value is -5.09. The maximum atomic E-state index is 12.7. The first-order valence-corrected chi connectivity index (χ1v) is 12.4. The maximum absolute atomic E-state index is 12.7. The van der Waals surface area contributed by atoms with Gasteiger partial charge in [0.25, 0.3) is 0 Å². The molecule has 0 aliphatic carbocycles. The summed E-state index contributed by atoms with van der Waals surface area (Å²) < 4.78 is 4.93. The van der Waals surface area contributed by atoms with Crippen molar-refractivity contribution in [2.45, 2.75) is 0 Å². The molecule has 3 N–H and O–H groups in total. The van der Waals surface area contributed by atoms with Crippen molar-refractivity contribution in [3.8, 4) is 21.7 Å². The van der Waals surface area contributed by atoms with Crippen LogP contribution in [0.5, 0.6) is 0 Å². The van der Waals surface area contributed by atoms with Crippen LogP contribution in [-0.4, -0.2) is 34.3 Å². The molecular weight excluding hydrogens is 500 g/mol. The molecule has 0 aliphatic rings. The molecule has 0 saturated heterocycles. The molecule has 0 atom stereocenters. The summed E-state index contributed by atoms with van der Waals surface area (Å²) in [6.07, 6.45) is 0. The number of nitrogens with zero attached hydrogens (tertiary/aromatic N) is 3. The number of anilines is 4. The van der Waals surface area contributed by atoms with Crippen molar-refractivity contribution in [3.05, 3.63) is 103 Å². The first kappa shape index (κ1) is 24.6. The molecule has 2 heterocycles. The van der Waals surface area contributed by atoms with Gasteiger partial charge in [0.15, 0.2) is 16.6 Å². The number of aromatic nitrogens is 3. The Morgan fingerprint density at radius 3 is 2.05 bits per heavy atom. The molecule has 9 nitrogen and oxygen atoms in total. The van der Waals surface area contributed by atoms with Crippen molar-refractivity contribution >= 4 is 45.7 Å². The van der Waals surface area contributed by atoms with E-state index in [9.17, 15) is 9.59 Å². The summed E-state index contributed by atoms with van der Waals surface area (Å²) in [6, 6.07) is 29.3. The number of esters is 1. The number of nitrogens with one attached hydrogen (secondary N) is 3. The molecule has 188 valence electrons. The number of carbonyl (C=O) groups is 2. The van der Waals surface area contributed by atoms with E-state index in [0.717, 1.165) is 11.1 Å².